The van der Waals surface area contributed by atoms with Crippen molar-refractivity contribution in [2.45, 2.75) is 38.0 Å². The first-order valence-electron chi connectivity index (χ1n) is 18.0. The standard InChI is InChI=1S/C46H35N5/c1-3-11-31(12-4-1)44-48-45(32-13-5-2-6-14-32)50-46(49-44)33-21-19-30(20-22-33)36-25-26-37(39-16-8-7-15-38(36)39)34-23-27-41-35(29-34)24-28-43-47-40-17-9-10-18-42(40)51(41)43/h1,3,5,7-11,13-21,23-29,33H,2,4,6,12,22H2. The molecule has 0 spiro atoms. The van der Waals surface area contributed by atoms with Crippen LogP contribution in [0.5, 0.6) is 0 Å². The molecule has 0 N–H and O–H groups in total. The summed E-state index contributed by atoms with van der Waals surface area (Å²) in [5, 5.41) is 3.69. The van der Waals surface area contributed by atoms with E-state index >= 15 is 0 Å². The van der Waals surface area contributed by atoms with Crippen LogP contribution in [0.15, 0.2) is 146 Å². The van der Waals surface area contributed by atoms with Crippen molar-refractivity contribution in [1.29, 1.82) is 0 Å². The number of pyridine rings is 1. The fourth-order valence-corrected chi connectivity index (χ4v) is 7.85. The van der Waals surface area contributed by atoms with E-state index in [1.165, 1.54) is 44.0 Å². The number of aromatic nitrogens is 5. The maximum atomic E-state index is 5.06. The SMILES string of the molecule is C1=CCCC(c2nc(C3=CCCC=C3)nc(C3C=CC(c4ccc(-c5ccc6c(ccc7nc8ccccc8n76)c5)c5ccccc45)=CC3)n2)=C1. The lowest BCUT2D eigenvalue weighted by atomic mass is 9.87. The molecule has 10 rings (SSSR count). The minimum atomic E-state index is 0.0874. The van der Waals surface area contributed by atoms with Gasteiger partial charge in [0.15, 0.2) is 11.6 Å². The van der Waals surface area contributed by atoms with Gasteiger partial charge in [0.25, 0.3) is 0 Å². The highest BCUT2D eigenvalue weighted by atomic mass is 15.0. The van der Waals surface area contributed by atoms with Crippen LogP contribution in [-0.4, -0.2) is 24.3 Å². The van der Waals surface area contributed by atoms with Crippen LogP contribution >= 0.6 is 0 Å². The maximum Gasteiger partial charge on any atom is 0.163 e. The van der Waals surface area contributed by atoms with Crippen LogP contribution < -0.4 is 0 Å². The van der Waals surface area contributed by atoms with Gasteiger partial charge in [0.2, 0.25) is 0 Å². The molecule has 1 unspecified atom stereocenters. The van der Waals surface area contributed by atoms with Gasteiger partial charge >= 0.3 is 0 Å². The first-order valence-corrected chi connectivity index (χ1v) is 18.0. The molecule has 1 atom stereocenters. The zero-order chi connectivity index (χ0) is 33.7. The molecule has 51 heavy (non-hydrogen) atoms. The number of nitrogens with zero attached hydrogens (tertiary/aromatic N) is 5. The normalized spacial score (nSPS) is 17.3. The van der Waals surface area contributed by atoms with E-state index in [2.05, 4.69) is 144 Å². The van der Waals surface area contributed by atoms with E-state index in [0.29, 0.717) is 0 Å². The molecule has 3 aliphatic rings. The number of allylic oxidation sites excluding steroid dienone is 12. The lowest BCUT2D eigenvalue weighted by molar-refractivity contribution is 0.747. The van der Waals surface area contributed by atoms with Crippen LogP contribution in [-0.2, 0) is 0 Å². The largest absolute Gasteiger partial charge is 0.292 e. The summed E-state index contributed by atoms with van der Waals surface area (Å²) in [6.45, 7) is 0. The van der Waals surface area contributed by atoms with E-state index in [9.17, 15) is 0 Å². The van der Waals surface area contributed by atoms with Gasteiger partial charge in [-0.3, -0.25) is 4.40 Å². The summed E-state index contributed by atoms with van der Waals surface area (Å²) >= 11 is 0. The highest BCUT2D eigenvalue weighted by Gasteiger charge is 2.21. The molecule has 0 saturated heterocycles. The summed E-state index contributed by atoms with van der Waals surface area (Å²) in [4.78, 5) is 19.9. The van der Waals surface area contributed by atoms with Crippen molar-refractivity contribution in [1.82, 2.24) is 24.3 Å². The van der Waals surface area contributed by atoms with Gasteiger partial charge < -0.3 is 0 Å². The van der Waals surface area contributed by atoms with Crippen LogP contribution in [0.3, 0.4) is 0 Å². The number of benzene rings is 4. The Labute approximate surface area is 296 Å². The van der Waals surface area contributed by atoms with Crippen molar-refractivity contribution >= 4 is 55.1 Å². The average molecular weight is 658 g/mol. The van der Waals surface area contributed by atoms with Crippen molar-refractivity contribution in [3.63, 3.8) is 0 Å². The van der Waals surface area contributed by atoms with E-state index in [-0.39, 0.29) is 5.92 Å². The van der Waals surface area contributed by atoms with Crippen molar-refractivity contribution in [3.8, 4) is 11.1 Å². The molecule has 4 aromatic carbocycles. The highest BCUT2D eigenvalue weighted by molar-refractivity contribution is 6.05. The fourth-order valence-electron chi connectivity index (χ4n) is 7.85. The average Bonchev–Trinajstić information content (AvgIpc) is 3.60. The second kappa shape index (κ2) is 12.3. The topological polar surface area (TPSA) is 56.0 Å². The Morgan fingerprint density at radius 1 is 0.627 bits per heavy atom. The summed E-state index contributed by atoms with van der Waals surface area (Å²) < 4.78 is 2.26. The third-order valence-electron chi connectivity index (χ3n) is 10.5. The van der Waals surface area contributed by atoms with E-state index in [1.807, 2.05) is 6.07 Å². The zero-order valence-corrected chi connectivity index (χ0v) is 28.2. The van der Waals surface area contributed by atoms with Crippen LogP contribution in [0.25, 0.3) is 66.2 Å². The molecule has 5 nitrogen and oxygen atoms in total. The molecule has 3 aromatic heterocycles. The van der Waals surface area contributed by atoms with Gasteiger partial charge in [0.1, 0.15) is 11.5 Å². The highest BCUT2D eigenvalue weighted by Crippen LogP contribution is 2.38. The zero-order valence-electron chi connectivity index (χ0n) is 28.2. The molecule has 7 aromatic rings. The van der Waals surface area contributed by atoms with Gasteiger partial charge in [-0.15, -0.1) is 0 Å². The first kappa shape index (κ1) is 29.7. The first-order chi connectivity index (χ1) is 25.3. The van der Waals surface area contributed by atoms with Gasteiger partial charge in [0.05, 0.1) is 16.6 Å². The lowest BCUT2D eigenvalue weighted by Gasteiger charge is -2.19. The molecule has 244 valence electrons. The van der Waals surface area contributed by atoms with Gasteiger partial charge in [-0.25, -0.2) is 19.9 Å². The Bertz CT molecular complexity index is 2730. The van der Waals surface area contributed by atoms with Gasteiger partial charge in [-0.05, 0) is 112 Å². The summed E-state index contributed by atoms with van der Waals surface area (Å²) in [6, 6.07) is 32.8. The molecule has 0 fully saturated rings. The Balaban J connectivity index is 0.993. The van der Waals surface area contributed by atoms with Crippen molar-refractivity contribution in [2.24, 2.45) is 0 Å². The quantitative estimate of drug-likeness (QED) is 0.185. The maximum absolute atomic E-state index is 5.06. The van der Waals surface area contributed by atoms with Gasteiger partial charge in [0, 0.05) is 11.5 Å². The van der Waals surface area contributed by atoms with Crippen molar-refractivity contribution < 1.29 is 0 Å². The summed E-state index contributed by atoms with van der Waals surface area (Å²) in [7, 11) is 0. The number of fused-ring (bicyclic) bond motifs is 6. The lowest BCUT2D eigenvalue weighted by Crippen LogP contribution is -2.12. The number of hydrogen-bond donors (Lipinski definition) is 0. The van der Waals surface area contributed by atoms with Crippen molar-refractivity contribution in [3.05, 3.63) is 169 Å². The van der Waals surface area contributed by atoms with E-state index < -0.39 is 0 Å². The van der Waals surface area contributed by atoms with Crippen LogP contribution in [0, 0.1) is 0 Å². The number of imidazole rings is 1. The molecule has 0 radical (unpaired) electrons. The monoisotopic (exact) mass is 657 g/mol. The Morgan fingerprint density at radius 2 is 1.49 bits per heavy atom. The molecular formula is C46H35N5. The molecule has 0 aliphatic heterocycles. The van der Waals surface area contributed by atoms with E-state index in [4.69, 9.17) is 19.9 Å². The Morgan fingerprint density at radius 3 is 2.33 bits per heavy atom. The number of hydrogen-bond acceptors (Lipinski definition) is 4. The molecule has 0 saturated carbocycles. The molecule has 5 heteroatoms. The van der Waals surface area contributed by atoms with Gasteiger partial charge in [-0.2, -0.15) is 0 Å². The van der Waals surface area contributed by atoms with E-state index in [1.54, 1.807) is 0 Å². The smallest absolute Gasteiger partial charge is 0.163 e. The van der Waals surface area contributed by atoms with Crippen LogP contribution in [0.2, 0.25) is 0 Å². The van der Waals surface area contributed by atoms with Crippen molar-refractivity contribution in [2.75, 3.05) is 0 Å². The Hall–Kier alpha value is -6.20. The second-order valence-electron chi connectivity index (χ2n) is 13.6. The summed E-state index contributed by atoms with van der Waals surface area (Å²) in [5.74, 6) is 2.52. The number of para-hydroxylation sites is 2. The summed E-state index contributed by atoms with van der Waals surface area (Å²) in [5.41, 5.74) is 11.5. The number of rotatable bonds is 5. The minimum Gasteiger partial charge on any atom is -0.292 e. The fraction of sp³-hybridized carbons (Fsp3) is 0.130. The third-order valence-corrected chi connectivity index (χ3v) is 10.5. The van der Waals surface area contributed by atoms with E-state index in [0.717, 1.165) is 77.3 Å². The molecule has 0 amide bonds. The predicted octanol–water partition coefficient (Wildman–Crippen LogP) is 11.2. The molecule has 3 heterocycles. The minimum absolute atomic E-state index is 0.0874. The molecule has 0 bridgehead atoms. The summed E-state index contributed by atoms with van der Waals surface area (Å²) in [6.07, 6.45) is 24.9. The Kier molecular flexibility index (Phi) is 7.16. The second-order valence-corrected chi connectivity index (χ2v) is 13.6. The molecule has 3 aliphatic carbocycles. The van der Waals surface area contributed by atoms with Crippen LogP contribution in [0.1, 0.15) is 61.1 Å². The predicted molar refractivity (Wildman–Crippen MR) is 210 cm³/mol. The van der Waals surface area contributed by atoms with Gasteiger partial charge in [-0.1, -0.05) is 109 Å². The molecular weight excluding hydrogens is 623 g/mol. The third kappa shape index (κ3) is 5.24. The van der Waals surface area contributed by atoms with Crippen LogP contribution in [0.4, 0.5) is 0 Å².